The summed E-state index contributed by atoms with van der Waals surface area (Å²) in [6, 6.07) is 6.81. The quantitative estimate of drug-likeness (QED) is 0.830. The topological polar surface area (TPSA) is 21.3 Å². The summed E-state index contributed by atoms with van der Waals surface area (Å²) in [5.41, 5.74) is 2.59. The van der Waals surface area contributed by atoms with Crippen LogP contribution in [0.15, 0.2) is 18.2 Å². The molecule has 1 aromatic rings. The molecule has 0 aliphatic carbocycles. The van der Waals surface area contributed by atoms with Crippen LogP contribution < -0.4 is 10.1 Å². The standard InChI is InChI=1S/C16H27NO/c1-11(2)16(10-17-12(3)4)18-15-8-7-13(5)14(6)9-15/h7-9,11-12,16-17H,10H2,1-6H3. The van der Waals surface area contributed by atoms with Crippen molar-refractivity contribution in [2.75, 3.05) is 6.54 Å². The lowest BCUT2D eigenvalue weighted by Crippen LogP contribution is -2.38. The molecule has 0 bridgehead atoms. The molecule has 1 N–H and O–H groups in total. The molecule has 0 heterocycles. The van der Waals surface area contributed by atoms with Crippen molar-refractivity contribution < 1.29 is 4.74 Å². The fourth-order valence-corrected chi connectivity index (χ4v) is 1.73. The molecule has 0 radical (unpaired) electrons. The lowest BCUT2D eigenvalue weighted by molar-refractivity contribution is 0.146. The second-order valence-corrected chi connectivity index (χ2v) is 5.71. The van der Waals surface area contributed by atoms with Gasteiger partial charge in [-0.05, 0) is 43.0 Å². The minimum Gasteiger partial charge on any atom is -0.489 e. The van der Waals surface area contributed by atoms with Crippen LogP contribution in [0.4, 0.5) is 0 Å². The first-order chi connectivity index (χ1) is 8.40. The Labute approximate surface area is 112 Å². The lowest BCUT2D eigenvalue weighted by Gasteiger charge is -2.24. The van der Waals surface area contributed by atoms with Gasteiger partial charge in [0.25, 0.3) is 0 Å². The highest BCUT2D eigenvalue weighted by Gasteiger charge is 2.15. The predicted molar refractivity (Wildman–Crippen MR) is 78.3 cm³/mol. The molecule has 1 unspecified atom stereocenters. The second kappa shape index (κ2) is 6.79. The SMILES string of the molecule is Cc1ccc(OC(CNC(C)C)C(C)C)cc1C. The van der Waals surface area contributed by atoms with Gasteiger partial charge < -0.3 is 10.1 Å². The summed E-state index contributed by atoms with van der Waals surface area (Å²) in [5.74, 6) is 1.47. The van der Waals surface area contributed by atoms with Crippen LogP contribution in [0.3, 0.4) is 0 Å². The Hall–Kier alpha value is -1.02. The zero-order chi connectivity index (χ0) is 13.7. The van der Waals surface area contributed by atoms with Crippen molar-refractivity contribution in [3.8, 4) is 5.75 Å². The van der Waals surface area contributed by atoms with Gasteiger partial charge in [0.15, 0.2) is 0 Å². The monoisotopic (exact) mass is 249 g/mol. The molecule has 2 heteroatoms. The van der Waals surface area contributed by atoms with Gasteiger partial charge >= 0.3 is 0 Å². The molecule has 0 aliphatic heterocycles. The van der Waals surface area contributed by atoms with E-state index in [1.54, 1.807) is 0 Å². The Bertz CT molecular complexity index is 371. The van der Waals surface area contributed by atoms with Gasteiger partial charge in [0.1, 0.15) is 11.9 Å². The molecule has 0 aliphatic rings. The molecule has 0 saturated carbocycles. The van der Waals surface area contributed by atoms with Crippen molar-refractivity contribution in [2.45, 2.75) is 53.7 Å². The first-order valence-corrected chi connectivity index (χ1v) is 6.87. The number of hydrogen-bond acceptors (Lipinski definition) is 2. The van der Waals surface area contributed by atoms with E-state index in [1.807, 2.05) is 0 Å². The van der Waals surface area contributed by atoms with E-state index in [4.69, 9.17) is 4.74 Å². The smallest absolute Gasteiger partial charge is 0.120 e. The van der Waals surface area contributed by atoms with Crippen LogP contribution in [-0.2, 0) is 0 Å². The van der Waals surface area contributed by atoms with Crippen molar-refractivity contribution in [1.82, 2.24) is 5.32 Å². The summed E-state index contributed by atoms with van der Waals surface area (Å²) in [7, 11) is 0. The van der Waals surface area contributed by atoms with Crippen LogP contribution in [0.2, 0.25) is 0 Å². The zero-order valence-corrected chi connectivity index (χ0v) is 12.6. The highest BCUT2D eigenvalue weighted by molar-refractivity contribution is 5.33. The van der Waals surface area contributed by atoms with Gasteiger partial charge in [0.05, 0.1) is 0 Å². The van der Waals surface area contributed by atoms with Crippen LogP contribution >= 0.6 is 0 Å². The van der Waals surface area contributed by atoms with Gasteiger partial charge in [-0.15, -0.1) is 0 Å². The van der Waals surface area contributed by atoms with Crippen LogP contribution in [0.1, 0.15) is 38.8 Å². The summed E-state index contributed by atoms with van der Waals surface area (Å²) >= 11 is 0. The van der Waals surface area contributed by atoms with E-state index < -0.39 is 0 Å². The van der Waals surface area contributed by atoms with Crippen LogP contribution in [0, 0.1) is 19.8 Å². The maximum atomic E-state index is 6.10. The first kappa shape index (κ1) is 15.0. The van der Waals surface area contributed by atoms with Crippen molar-refractivity contribution in [2.24, 2.45) is 5.92 Å². The Kier molecular flexibility index (Phi) is 5.67. The average Bonchev–Trinajstić information content (AvgIpc) is 2.28. The van der Waals surface area contributed by atoms with E-state index in [1.165, 1.54) is 11.1 Å². The normalized spacial score (nSPS) is 13.1. The van der Waals surface area contributed by atoms with Crippen LogP contribution in [0.5, 0.6) is 5.75 Å². The number of rotatable bonds is 6. The molecule has 1 rings (SSSR count). The van der Waals surface area contributed by atoms with E-state index in [-0.39, 0.29) is 6.10 Å². The molecule has 1 atom stereocenters. The fraction of sp³-hybridized carbons (Fsp3) is 0.625. The minimum atomic E-state index is 0.217. The Balaban J connectivity index is 2.67. The largest absolute Gasteiger partial charge is 0.489 e. The Morgan fingerprint density at radius 1 is 1.06 bits per heavy atom. The molecular formula is C16H27NO. The summed E-state index contributed by atoms with van der Waals surface area (Å²) in [6.07, 6.45) is 0.217. The van der Waals surface area contributed by atoms with Gasteiger partial charge in [-0.1, -0.05) is 33.8 Å². The van der Waals surface area contributed by atoms with Gasteiger partial charge in [-0.2, -0.15) is 0 Å². The molecule has 0 amide bonds. The maximum Gasteiger partial charge on any atom is 0.120 e. The molecule has 1 aromatic carbocycles. The molecule has 0 fully saturated rings. The van der Waals surface area contributed by atoms with Gasteiger partial charge in [0, 0.05) is 12.6 Å². The van der Waals surface area contributed by atoms with E-state index in [0.717, 1.165) is 12.3 Å². The predicted octanol–water partition coefficient (Wildman–Crippen LogP) is 3.70. The van der Waals surface area contributed by atoms with Crippen molar-refractivity contribution in [1.29, 1.82) is 0 Å². The fourth-order valence-electron chi connectivity index (χ4n) is 1.73. The number of ether oxygens (including phenoxy) is 1. The molecular weight excluding hydrogens is 222 g/mol. The summed E-state index contributed by atoms with van der Waals surface area (Å²) in [5, 5.41) is 3.45. The lowest BCUT2D eigenvalue weighted by atomic mass is 10.1. The van der Waals surface area contributed by atoms with E-state index in [2.05, 4.69) is 65.1 Å². The summed E-state index contributed by atoms with van der Waals surface area (Å²) < 4.78 is 6.10. The van der Waals surface area contributed by atoms with Crippen molar-refractivity contribution in [3.63, 3.8) is 0 Å². The van der Waals surface area contributed by atoms with Crippen molar-refractivity contribution >= 4 is 0 Å². The number of hydrogen-bond donors (Lipinski definition) is 1. The first-order valence-electron chi connectivity index (χ1n) is 6.87. The van der Waals surface area contributed by atoms with E-state index in [9.17, 15) is 0 Å². The second-order valence-electron chi connectivity index (χ2n) is 5.71. The molecule has 102 valence electrons. The highest BCUT2D eigenvalue weighted by atomic mass is 16.5. The summed E-state index contributed by atoms with van der Waals surface area (Å²) in [4.78, 5) is 0. The van der Waals surface area contributed by atoms with E-state index in [0.29, 0.717) is 12.0 Å². The summed E-state index contributed by atoms with van der Waals surface area (Å²) in [6.45, 7) is 13.9. The Morgan fingerprint density at radius 2 is 1.72 bits per heavy atom. The van der Waals surface area contributed by atoms with Crippen molar-refractivity contribution in [3.05, 3.63) is 29.3 Å². The molecule has 18 heavy (non-hydrogen) atoms. The minimum absolute atomic E-state index is 0.217. The zero-order valence-electron chi connectivity index (χ0n) is 12.6. The molecule has 0 aromatic heterocycles. The number of benzene rings is 1. The third kappa shape index (κ3) is 4.69. The maximum absolute atomic E-state index is 6.10. The Morgan fingerprint density at radius 3 is 2.22 bits per heavy atom. The van der Waals surface area contributed by atoms with E-state index >= 15 is 0 Å². The third-order valence-electron chi connectivity index (χ3n) is 3.24. The van der Waals surface area contributed by atoms with Gasteiger partial charge in [0.2, 0.25) is 0 Å². The number of aryl methyl sites for hydroxylation is 2. The average molecular weight is 249 g/mol. The number of nitrogens with one attached hydrogen (secondary N) is 1. The third-order valence-corrected chi connectivity index (χ3v) is 3.24. The highest BCUT2D eigenvalue weighted by Crippen LogP contribution is 2.19. The van der Waals surface area contributed by atoms with Gasteiger partial charge in [-0.3, -0.25) is 0 Å². The molecule has 0 saturated heterocycles. The molecule has 0 spiro atoms. The van der Waals surface area contributed by atoms with Gasteiger partial charge in [-0.25, -0.2) is 0 Å². The van der Waals surface area contributed by atoms with Crippen LogP contribution in [-0.4, -0.2) is 18.7 Å². The van der Waals surface area contributed by atoms with Crippen LogP contribution in [0.25, 0.3) is 0 Å². The molecule has 2 nitrogen and oxygen atoms in total.